The fourth-order valence-electron chi connectivity index (χ4n) is 2.28. The van der Waals surface area contributed by atoms with E-state index in [1.807, 2.05) is 25.1 Å². The van der Waals surface area contributed by atoms with Crippen LogP contribution in [0.25, 0.3) is 0 Å². The number of carbonyl (C=O) groups is 1. The smallest absolute Gasteiger partial charge is 0.232 e. The van der Waals surface area contributed by atoms with Gasteiger partial charge in [0.2, 0.25) is 5.91 Å². The van der Waals surface area contributed by atoms with Crippen molar-refractivity contribution in [3.8, 4) is 0 Å². The SMILES string of the molecule is Cc1ccc(Br)c(NC(=O)C2(CN)CCOCC2)c1. The van der Waals surface area contributed by atoms with Gasteiger partial charge >= 0.3 is 0 Å². The Kier molecular flexibility index (Phi) is 4.60. The summed E-state index contributed by atoms with van der Waals surface area (Å²) in [4.78, 5) is 12.5. The minimum Gasteiger partial charge on any atom is -0.381 e. The highest BCUT2D eigenvalue weighted by Gasteiger charge is 2.38. The predicted octanol–water partition coefficient (Wildman–Crippen LogP) is 2.45. The van der Waals surface area contributed by atoms with E-state index in [9.17, 15) is 4.79 Å². The summed E-state index contributed by atoms with van der Waals surface area (Å²) in [6.45, 7) is 3.54. The lowest BCUT2D eigenvalue weighted by molar-refractivity contribution is -0.130. The molecule has 0 spiro atoms. The number of hydrogen-bond donors (Lipinski definition) is 2. The van der Waals surface area contributed by atoms with E-state index in [-0.39, 0.29) is 5.91 Å². The van der Waals surface area contributed by atoms with Crippen molar-refractivity contribution in [1.82, 2.24) is 0 Å². The summed E-state index contributed by atoms with van der Waals surface area (Å²) < 4.78 is 6.21. The highest BCUT2D eigenvalue weighted by Crippen LogP contribution is 2.32. The molecule has 1 amide bonds. The number of hydrogen-bond acceptors (Lipinski definition) is 3. The Morgan fingerprint density at radius 2 is 2.16 bits per heavy atom. The zero-order valence-electron chi connectivity index (χ0n) is 11.0. The van der Waals surface area contributed by atoms with Crippen LogP contribution in [0.2, 0.25) is 0 Å². The van der Waals surface area contributed by atoms with Gasteiger partial charge in [0.15, 0.2) is 0 Å². The molecule has 0 unspecified atom stereocenters. The molecule has 0 aliphatic carbocycles. The number of carbonyl (C=O) groups excluding carboxylic acids is 1. The van der Waals surface area contributed by atoms with E-state index in [2.05, 4.69) is 21.2 Å². The largest absolute Gasteiger partial charge is 0.381 e. The molecule has 19 heavy (non-hydrogen) atoms. The molecular weight excluding hydrogens is 308 g/mol. The lowest BCUT2D eigenvalue weighted by Crippen LogP contribution is -2.46. The predicted molar refractivity (Wildman–Crippen MR) is 79.0 cm³/mol. The summed E-state index contributed by atoms with van der Waals surface area (Å²) in [6, 6.07) is 5.88. The van der Waals surface area contributed by atoms with Gasteiger partial charge in [0.1, 0.15) is 0 Å². The van der Waals surface area contributed by atoms with E-state index in [0.29, 0.717) is 32.6 Å². The number of ether oxygens (including phenoxy) is 1. The number of rotatable bonds is 3. The molecule has 104 valence electrons. The Balaban J connectivity index is 2.17. The molecule has 0 saturated carbocycles. The number of anilines is 1. The Hall–Kier alpha value is -0.910. The third-order valence-electron chi connectivity index (χ3n) is 3.69. The average molecular weight is 327 g/mol. The third-order valence-corrected chi connectivity index (χ3v) is 4.38. The van der Waals surface area contributed by atoms with Gasteiger partial charge in [0, 0.05) is 24.2 Å². The second-order valence-corrected chi connectivity index (χ2v) is 5.89. The zero-order chi connectivity index (χ0) is 13.9. The number of aryl methyl sites for hydroxylation is 1. The molecule has 5 heteroatoms. The van der Waals surface area contributed by atoms with E-state index >= 15 is 0 Å². The number of nitrogens with two attached hydrogens (primary N) is 1. The van der Waals surface area contributed by atoms with Crippen LogP contribution in [0, 0.1) is 12.3 Å². The quantitative estimate of drug-likeness (QED) is 0.896. The first-order chi connectivity index (χ1) is 9.07. The van der Waals surface area contributed by atoms with E-state index in [0.717, 1.165) is 15.7 Å². The Morgan fingerprint density at radius 3 is 2.79 bits per heavy atom. The maximum atomic E-state index is 12.5. The van der Waals surface area contributed by atoms with Gasteiger partial charge in [-0.3, -0.25) is 4.79 Å². The average Bonchev–Trinajstić information content (AvgIpc) is 2.43. The van der Waals surface area contributed by atoms with Crippen molar-refractivity contribution in [2.24, 2.45) is 11.1 Å². The first-order valence-corrected chi connectivity index (χ1v) is 7.22. The van der Waals surface area contributed by atoms with Crippen LogP contribution in [-0.4, -0.2) is 25.7 Å². The van der Waals surface area contributed by atoms with Gasteiger partial charge in [-0.2, -0.15) is 0 Å². The van der Waals surface area contributed by atoms with Crippen LogP contribution in [0.1, 0.15) is 18.4 Å². The van der Waals surface area contributed by atoms with Gasteiger partial charge in [-0.1, -0.05) is 6.07 Å². The summed E-state index contributed by atoms with van der Waals surface area (Å²) in [5.74, 6) is -0.00963. The van der Waals surface area contributed by atoms with E-state index in [1.165, 1.54) is 0 Å². The Bertz CT molecular complexity index is 471. The summed E-state index contributed by atoms with van der Waals surface area (Å²) >= 11 is 3.45. The van der Waals surface area contributed by atoms with Crippen molar-refractivity contribution in [3.05, 3.63) is 28.2 Å². The zero-order valence-corrected chi connectivity index (χ0v) is 12.6. The Labute approximate surface area is 121 Å². The second kappa shape index (κ2) is 6.03. The van der Waals surface area contributed by atoms with Crippen LogP contribution in [0.4, 0.5) is 5.69 Å². The molecule has 0 aromatic heterocycles. The monoisotopic (exact) mass is 326 g/mol. The molecule has 1 aromatic rings. The van der Waals surface area contributed by atoms with Crippen LogP contribution >= 0.6 is 15.9 Å². The van der Waals surface area contributed by atoms with E-state index in [1.54, 1.807) is 0 Å². The first kappa shape index (κ1) is 14.5. The molecule has 1 aliphatic heterocycles. The van der Waals surface area contributed by atoms with Crippen molar-refractivity contribution < 1.29 is 9.53 Å². The lowest BCUT2D eigenvalue weighted by Gasteiger charge is -2.34. The molecule has 0 bridgehead atoms. The number of benzene rings is 1. The summed E-state index contributed by atoms with van der Waals surface area (Å²) in [7, 11) is 0. The van der Waals surface area contributed by atoms with Crippen LogP contribution in [0.3, 0.4) is 0 Å². The third kappa shape index (κ3) is 3.16. The number of nitrogens with one attached hydrogen (secondary N) is 1. The van der Waals surface area contributed by atoms with Crippen LogP contribution in [0.15, 0.2) is 22.7 Å². The van der Waals surface area contributed by atoms with Gasteiger partial charge in [-0.05, 0) is 53.4 Å². The van der Waals surface area contributed by atoms with Crippen molar-refractivity contribution in [1.29, 1.82) is 0 Å². The molecule has 1 saturated heterocycles. The Morgan fingerprint density at radius 1 is 1.47 bits per heavy atom. The topological polar surface area (TPSA) is 64.4 Å². The van der Waals surface area contributed by atoms with Crippen LogP contribution < -0.4 is 11.1 Å². The molecule has 1 fully saturated rings. The highest BCUT2D eigenvalue weighted by molar-refractivity contribution is 9.10. The molecule has 1 aliphatic rings. The van der Waals surface area contributed by atoms with Crippen molar-refractivity contribution in [3.63, 3.8) is 0 Å². The fraction of sp³-hybridized carbons (Fsp3) is 0.500. The second-order valence-electron chi connectivity index (χ2n) is 5.03. The van der Waals surface area contributed by atoms with E-state index < -0.39 is 5.41 Å². The van der Waals surface area contributed by atoms with Gasteiger partial charge in [0.25, 0.3) is 0 Å². The van der Waals surface area contributed by atoms with Gasteiger partial charge in [-0.15, -0.1) is 0 Å². The minimum absolute atomic E-state index is 0.00963. The van der Waals surface area contributed by atoms with Crippen molar-refractivity contribution >= 4 is 27.5 Å². The summed E-state index contributed by atoms with van der Waals surface area (Å²) in [5.41, 5.74) is 7.23. The lowest BCUT2D eigenvalue weighted by atomic mass is 9.79. The standard InChI is InChI=1S/C14H19BrN2O2/c1-10-2-3-11(15)12(8-10)17-13(18)14(9-16)4-6-19-7-5-14/h2-3,8H,4-7,9,16H2,1H3,(H,17,18). The maximum absolute atomic E-state index is 12.5. The summed E-state index contributed by atoms with van der Waals surface area (Å²) in [5, 5.41) is 2.99. The molecule has 2 rings (SSSR count). The van der Waals surface area contributed by atoms with Crippen molar-refractivity contribution in [2.45, 2.75) is 19.8 Å². The molecule has 0 radical (unpaired) electrons. The molecule has 4 nitrogen and oxygen atoms in total. The minimum atomic E-state index is -0.499. The fourth-order valence-corrected chi connectivity index (χ4v) is 2.62. The van der Waals surface area contributed by atoms with Crippen molar-refractivity contribution in [2.75, 3.05) is 25.1 Å². The van der Waals surface area contributed by atoms with Crippen LogP contribution in [0.5, 0.6) is 0 Å². The molecule has 1 aromatic carbocycles. The maximum Gasteiger partial charge on any atom is 0.232 e. The van der Waals surface area contributed by atoms with Gasteiger partial charge in [0.05, 0.1) is 11.1 Å². The highest BCUT2D eigenvalue weighted by atomic mass is 79.9. The normalized spacial score (nSPS) is 18.1. The molecular formula is C14H19BrN2O2. The van der Waals surface area contributed by atoms with Crippen LogP contribution in [-0.2, 0) is 9.53 Å². The molecule has 3 N–H and O–H groups in total. The molecule has 0 atom stereocenters. The van der Waals surface area contributed by atoms with Gasteiger partial charge in [-0.25, -0.2) is 0 Å². The number of amides is 1. The van der Waals surface area contributed by atoms with E-state index in [4.69, 9.17) is 10.5 Å². The summed E-state index contributed by atoms with van der Waals surface area (Å²) in [6.07, 6.45) is 1.36. The van der Waals surface area contributed by atoms with Gasteiger partial charge < -0.3 is 15.8 Å². The molecule has 1 heterocycles. The first-order valence-electron chi connectivity index (χ1n) is 6.43. The number of halogens is 1.